The van der Waals surface area contributed by atoms with Gasteiger partial charge in [-0.2, -0.15) is 5.10 Å². The molecule has 4 rings (SSSR count). The van der Waals surface area contributed by atoms with Crippen LogP contribution in [0.15, 0.2) is 59.7 Å². The van der Waals surface area contributed by atoms with E-state index in [2.05, 4.69) is 67.4 Å². The third kappa shape index (κ3) is 2.31. The third-order valence-electron chi connectivity index (χ3n) is 4.82. The second kappa shape index (κ2) is 5.41. The number of para-hydroxylation sites is 1. The third-order valence-corrected chi connectivity index (χ3v) is 4.82. The molecule has 0 aromatic heterocycles. The Morgan fingerprint density at radius 1 is 1.13 bits per heavy atom. The fraction of sp³-hybridized carbons (Fsp3) is 0.350. The Morgan fingerprint density at radius 2 is 1.87 bits per heavy atom. The highest BCUT2D eigenvalue weighted by atomic mass is 16.5. The summed E-state index contributed by atoms with van der Waals surface area (Å²) in [4.78, 5) is 0. The van der Waals surface area contributed by atoms with E-state index in [-0.39, 0.29) is 11.8 Å². The van der Waals surface area contributed by atoms with Gasteiger partial charge in [0.25, 0.3) is 0 Å². The topological polar surface area (TPSA) is 24.8 Å². The number of nitrogens with zero attached hydrogens (tertiary/aromatic N) is 2. The van der Waals surface area contributed by atoms with E-state index < -0.39 is 0 Å². The molecule has 0 amide bonds. The minimum Gasteiger partial charge on any atom is -0.466 e. The van der Waals surface area contributed by atoms with Crippen LogP contribution in [-0.2, 0) is 0 Å². The van der Waals surface area contributed by atoms with Crippen LogP contribution in [0.1, 0.15) is 50.3 Å². The van der Waals surface area contributed by atoms with Crippen LogP contribution in [0.25, 0.3) is 0 Å². The zero-order valence-corrected chi connectivity index (χ0v) is 13.7. The molecule has 118 valence electrons. The number of ether oxygens (including phenoxy) is 1. The summed E-state index contributed by atoms with van der Waals surface area (Å²) < 4.78 is 6.38. The summed E-state index contributed by atoms with van der Waals surface area (Å²) in [5.41, 5.74) is 3.23. The van der Waals surface area contributed by atoms with Crippen molar-refractivity contribution in [1.82, 2.24) is 5.01 Å². The van der Waals surface area contributed by atoms with Crippen molar-refractivity contribution in [3.8, 4) is 5.75 Å². The lowest BCUT2D eigenvalue weighted by Gasteiger charge is -2.45. The number of rotatable bonds is 3. The van der Waals surface area contributed by atoms with Gasteiger partial charge in [-0.1, -0.05) is 61.9 Å². The van der Waals surface area contributed by atoms with Crippen molar-refractivity contribution in [3.63, 3.8) is 0 Å². The highest BCUT2D eigenvalue weighted by Gasteiger charge is 2.46. The van der Waals surface area contributed by atoms with E-state index in [0.29, 0.717) is 0 Å². The lowest BCUT2D eigenvalue weighted by molar-refractivity contribution is -0.111. The second-order valence-corrected chi connectivity index (χ2v) is 6.54. The molecule has 0 unspecified atom stereocenters. The predicted molar refractivity (Wildman–Crippen MR) is 92.6 cm³/mol. The molecule has 0 aliphatic carbocycles. The molecule has 3 nitrogen and oxygen atoms in total. The van der Waals surface area contributed by atoms with Gasteiger partial charge in [0.2, 0.25) is 0 Å². The van der Waals surface area contributed by atoms with Crippen LogP contribution in [0.2, 0.25) is 0 Å². The normalized spacial score (nSPS) is 25.4. The first-order valence-electron chi connectivity index (χ1n) is 8.41. The molecule has 2 aliphatic heterocycles. The fourth-order valence-electron chi connectivity index (χ4n) is 3.76. The smallest absolute Gasteiger partial charge is 0.195 e. The Hall–Kier alpha value is -2.29. The van der Waals surface area contributed by atoms with E-state index in [9.17, 15) is 0 Å². The van der Waals surface area contributed by atoms with Crippen molar-refractivity contribution in [2.75, 3.05) is 0 Å². The molecule has 3 heteroatoms. The van der Waals surface area contributed by atoms with Crippen LogP contribution in [0.4, 0.5) is 0 Å². The number of hydrogen-bond donors (Lipinski definition) is 0. The maximum absolute atomic E-state index is 6.38. The van der Waals surface area contributed by atoms with Gasteiger partial charge in [-0.25, -0.2) is 5.01 Å². The van der Waals surface area contributed by atoms with Gasteiger partial charge in [-0.05, 0) is 18.6 Å². The van der Waals surface area contributed by atoms with E-state index in [0.717, 1.165) is 30.7 Å². The van der Waals surface area contributed by atoms with Crippen molar-refractivity contribution in [3.05, 3.63) is 65.7 Å². The molecule has 2 aromatic rings. The molecule has 0 radical (unpaired) electrons. The summed E-state index contributed by atoms with van der Waals surface area (Å²) in [6.07, 6.45) is 2.96. The van der Waals surface area contributed by atoms with E-state index >= 15 is 0 Å². The van der Waals surface area contributed by atoms with Crippen molar-refractivity contribution in [1.29, 1.82) is 0 Å². The van der Waals surface area contributed by atoms with Crippen molar-refractivity contribution in [2.24, 2.45) is 5.10 Å². The van der Waals surface area contributed by atoms with Gasteiger partial charge in [0.1, 0.15) is 5.75 Å². The Morgan fingerprint density at radius 3 is 2.65 bits per heavy atom. The lowest BCUT2D eigenvalue weighted by Crippen LogP contribution is -2.51. The lowest BCUT2D eigenvalue weighted by atomic mass is 9.94. The Balaban J connectivity index is 1.78. The maximum atomic E-state index is 6.38. The molecule has 0 spiro atoms. The molecule has 2 atom stereocenters. The van der Waals surface area contributed by atoms with E-state index in [1.807, 2.05) is 6.07 Å². The maximum Gasteiger partial charge on any atom is 0.195 e. The molecular formula is C20H22N2O. The predicted octanol–water partition coefficient (Wildman–Crippen LogP) is 4.75. The summed E-state index contributed by atoms with van der Waals surface area (Å²) in [7, 11) is 0. The van der Waals surface area contributed by atoms with Gasteiger partial charge in [0.05, 0.1) is 11.8 Å². The van der Waals surface area contributed by atoms with Crippen LogP contribution in [-0.4, -0.2) is 16.4 Å². The van der Waals surface area contributed by atoms with Gasteiger partial charge >= 0.3 is 0 Å². The standard InChI is InChI=1S/C20H22N2O/c1-3-13-20(2)22-18(16-11-7-8-12-19(16)23-20)14-17(21-22)15-9-5-4-6-10-15/h4-12,18H,3,13-14H2,1-2H3/t18-,20-/m0/s1. The summed E-state index contributed by atoms with van der Waals surface area (Å²) in [6, 6.07) is 19.1. The summed E-state index contributed by atoms with van der Waals surface area (Å²) in [5.74, 6) is 1.01. The summed E-state index contributed by atoms with van der Waals surface area (Å²) >= 11 is 0. The largest absolute Gasteiger partial charge is 0.466 e. The minimum absolute atomic E-state index is 0.270. The average molecular weight is 306 g/mol. The molecule has 2 aromatic carbocycles. The summed E-state index contributed by atoms with van der Waals surface area (Å²) in [5, 5.41) is 7.17. The van der Waals surface area contributed by atoms with Crippen LogP contribution in [0.3, 0.4) is 0 Å². The van der Waals surface area contributed by atoms with E-state index in [1.165, 1.54) is 11.1 Å². The van der Waals surface area contributed by atoms with Crippen LogP contribution >= 0.6 is 0 Å². The SMILES string of the molecule is CCC[C@]1(C)Oc2ccccc2[C@@H]2CC(c3ccccc3)=NN21. The molecular weight excluding hydrogens is 284 g/mol. The quantitative estimate of drug-likeness (QED) is 0.817. The first-order valence-corrected chi connectivity index (χ1v) is 8.41. The van der Waals surface area contributed by atoms with Gasteiger partial charge in [0, 0.05) is 18.4 Å². The first kappa shape index (κ1) is 14.3. The Labute approximate surface area is 137 Å². The van der Waals surface area contributed by atoms with Gasteiger partial charge in [-0.15, -0.1) is 0 Å². The molecule has 0 saturated heterocycles. The number of benzene rings is 2. The van der Waals surface area contributed by atoms with Crippen LogP contribution in [0, 0.1) is 0 Å². The fourth-order valence-corrected chi connectivity index (χ4v) is 3.76. The monoisotopic (exact) mass is 306 g/mol. The van der Waals surface area contributed by atoms with Crippen molar-refractivity contribution >= 4 is 5.71 Å². The number of fused-ring (bicyclic) bond motifs is 3. The molecule has 0 saturated carbocycles. The van der Waals surface area contributed by atoms with E-state index in [1.54, 1.807) is 0 Å². The van der Waals surface area contributed by atoms with Gasteiger partial charge < -0.3 is 4.74 Å². The van der Waals surface area contributed by atoms with Crippen LogP contribution in [0.5, 0.6) is 5.75 Å². The average Bonchev–Trinajstić information content (AvgIpc) is 3.03. The molecule has 2 aliphatic rings. The zero-order chi connectivity index (χ0) is 15.9. The number of hydrogen-bond acceptors (Lipinski definition) is 3. The van der Waals surface area contributed by atoms with Gasteiger partial charge in [0.15, 0.2) is 5.72 Å². The highest BCUT2D eigenvalue weighted by molar-refractivity contribution is 6.01. The van der Waals surface area contributed by atoms with Crippen molar-refractivity contribution < 1.29 is 4.74 Å². The Kier molecular flexibility index (Phi) is 3.37. The van der Waals surface area contributed by atoms with Crippen molar-refractivity contribution in [2.45, 2.75) is 44.9 Å². The molecule has 2 heterocycles. The first-order chi connectivity index (χ1) is 11.2. The van der Waals surface area contributed by atoms with Gasteiger partial charge in [-0.3, -0.25) is 0 Å². The minimum atomic E-state index is -0.371. The zero-order valence-electron chi connectivity index (χ0n) is 13.7. The van der Waals surface area contributed by atoms with Crippen LogP contribution < -0.4 is 4.74 Å². The molecule has 0 fully saturated rings. The number of hydrazone groups is 1. The highest BCUT2D eigenvalue weighted by Crippen LogP contribution is 2.47. The molecule has 0 N–H and O–H groups in total. The molecule has 23 heavy (non-hydrogen) atoms. The summed E-state index contributed by atoms with van der Waals surface area (Å²) in [6.45, 7) is 4.36. The Bertz CT molecular complexity index is 740. The molecule has 0 bridgehead atoms. The second-order valence-electron chi connectivity index (χ2n) is 6.54. The van der Waals surface area contributed by atoms with E-state index in [4.69, 9.17) is 9.84 Å².